The molecule has 0 rings (SSSR count). The van der Waals surface area contributed by atoms with Gasteiger partial charge in [-0.3, -0.25) is 4.79 Å². The van der Waals surface area contributed by atoms with Gasteiger partial charge in [0, 0.05) is 27.2 Å². The van der Waals surface area contributed by atoms with Crippen molar-refractivity contribution in [2.24, 2.45) is 0 Å². The molecule has 1 amide bonds. The number of amides is 1. The first kappa shape index (κ1) is 12.4. The monoisotopic (exact) mass is 188 g/mol. The highest BCUT2D eigenvalue weighted by molar-refractivity contribution is 5.80. The zero-order valence-electron chi connectivity index (χ0n) is 8.96. The van der Waals surface area contributed by atoms with Gasteiger partial charge in [-0.15, -0.1) is 0 Å². The van der Waals surface area contributed by atoms with Gasteiger partial charge in [-0.25, -0.2) is 0 Å². The molecule has 0 aromatic carbocycles. The second-order valence-corrected chi connectivity index (χ2v) is 3.11. The van der Waals surface area contributed by atoms with Crippen LogP contribution in [0.2, 0.25) is 0 Å². The molecule has 0 bridgehead atoms. The summed E-state index contributed by atoms with van der Waals surface area (Å²) in [6.07, 6.45) is 0. The van der Waals surface area contributed by atoms with Gasteiger partial charge in [0.2, 0.25) is 5.91 Å². The van der Waals surface area contributed by atoms with Crippen LogP contribution in [0.3, 0.4) is 0 Å². The van der Waals surface area contributed by atoms with Gasteiger partial charge in [-0.2, -0.15) is 0 Å². The summed E-state index contributed by atoms with van der Waals surface area (Å²) in [5.74, 6) is 0.0940. The number of likely N-dealkylation sites (N-methyl/N-ethyl adjacent to an activating group) is 1. The number of rotatable bonds is 6. The predicted molar refractivity (Wildman–Crippen MR) is 52.7 cm³/mol. The van der Waals surface area contributed by atoms with Crippen LogP contribution in [0.15, 0.2) is 0 Å². The fraction of sp³-hybridized carbons (Fsp3) is 0.889. The van der Waals surface area contributed by atoms with Crippen molar-refractivity contribution in [3.05, 3.63) is 0 Å². The quantitative estimate of drug-likeness (QED) is 0.601. The Balaban J connectivity index is 3.50. The molecule has 0 aliphatic heterocycles. The minimum atomic E-state index is -0.129. The summed E-state index contributed by atoms with van der Waals surface area (Å²) in [7, 11) is 3.51. The molecule has 0 spiro atoms. The lowest BCUT2D eigenvalue weighted by Gasteiger charge is -2.17. The largest absolute Gasteiger partial charge is 0.380 e. The van der Waals surface area contributed by atoms with E-state index in [1.807, 2.05) is 13.8 Å². The maximum absolute atomic E-state index is 11.3. The first-order valence-electron chi connectivity index (χ1n) is 4.61. The molecule has 1 N–H and O–H groups in total. The van der Waals surface area contributed by atoms with Gasteiger partial charge in [0.25, 0.3) is 0 Å². The molecule has 0 radical (unpaired) electrons. The van der Waals surface area contributed by atoms with Crippen molar-refractivity contribution in [3.63, 3.8) is 0 Å². The first-order chi connectivity index (χ1) is 6.09. The average Bonchev–Trinajstić information content (AvgIpc) is 2.10. The van der Waals surface area contributed by atoms with Gasteiger partial charge in [0.05, 0.1) is 12.6 Å². The molecule has 0 saturated heterocycles. The molecule has 13 heavy (non-hydrogen) atoms. The van der Waals surface area contributed by atoms with Crippen LogP contribution in [0.1, 0.15) is 13.8 Å². The Morgan fingerprint density at radius 1 is 1.54 bits per heavy atom. The summed E-state index contributed by atoms with van der Waals surface area (Å²) >= 11 is 0. The molecule has 4 nitrogen and oxygen atoms in total. The van der Waals surface area contributed by atoms with Gasteiger partial charge in [-0.05, 0) is 13.8 Å². The van der Waals surface area contributed by atoms with Crippen LogP contribution in [0.4, 0.5) is 0 Å². The molecule has 0 aliphatic rings. The third-order valence-electron chi connectivity index (χ3n) is 1.71. The van der Waals surface area contributed by atoms with Crippen LogP contribution in [0.5, 0.6) is 0 Å². The van der Waals surface area contributed by atoms with Crippen LogP contribution in [0.25, 0.3) is 0 Å². The molecular formula is C9H20N2O2. The Bertz CT molecular complexity index is 149. The van der Waals surface area contributed by atoms with E-state index in [2.05, 4.69) is 5.32 Å². The van der Waals surface area contributed by atoms with E-state index in [-0.39, 0.29) is 11.9 Å². The van der Waals surface area contributed by atoms with Crippen LogP contribution in [-0.2, 0) is 9.53 Å². The molecule has 0 heterocycles. The standard InChI is InChI=1S/C9H20N2O2/c1-5-13-7-6-10-8(2)9(12)11(3)4/h8,10H,5-7H2,1-4H3. The Kier molecular flexibility index (Phi) is 6.54. The number of nitrogens with one attached hydrogen (secondary N) is 1. The normalized spacial score (nSPS) is 12.6. The summed E-state index contributed by atoms with van der Waals surface area (Å²) < 4.78 is 5.14. The maximum atomic E-state index is 11.3. The van der Waals surface area contributed by atoms with Crippen LogP contribution < -0.4 is 5.32 Å². The average molecular weight is 188 g/mol. The molecule has 4 heteroatoms. The number of ether oxygens (including phenoxy) is 1. The Labute approximate surface area is 80.2 Å². The molecular weight excluding hydrogens is 168 g/mol. The SMILES string of the molecule is CCOCCNC(C)C(=O)N(C)C. The van der Waals surface area contributed by atoms with E-state index in [0.717, 1.165) is 6.61 Å². The van der Waals surface area contributed by atoms with Crippen molar-refractivity contribution in [2.45, 2.75) is 19.9 Å². The van der Waals surface area contributed by atoms with E-state index >= 15 is 0 Å². The third kappa shape index (κ3) is 5.60. The van der Waals surface area contributed by atoms with Crippen molar-refractivity contribution >= 4 is 5.91 Å². The van der Waals surface area contributed by atoms with Crippen molar-refractivity contribution in [2.75, 3.05) is 33.9 Å². The minimum absolute atomic E-state index is 0.0940. The second-order valence-electron chi connectivity index (χ2n) is 3.11. The summed E-state index contributed by atoms with van der Waals surface area (Å²) in [6.45, 7) is 5.90. The molecule has 0 aromatic rings. The summed E-state index contributed by atoms with van der Waals surface area (Å²) in [5, 5.41) is 3.08. The van der Waals surface area contributed by atoms with Crippen molar-refractivity contribution < 1.29 is 9.53 Å². The Morgan fingerprint density at radius 2 is 2.15 bits per heavy atom. The van der Waals surface area contributed by atoms with Gasteiger partial charge in [0.1, 0.15) is 0 Å². The topological polar surface area (TPSA) is 41.6 Å². The van der Waals surface area contributed by atoms with Crippen molar-refractivity contribution in [1.29, 1.82) is 0 Å². The van der Waals surface area contributed by atoms with Gasteiger partial charge in [0.15, 0.2) is 0 Å². The maximum Gasteiger partial charge on any atom is 0.238 e. The van der Waals surface area contributed by atoms with E-state index in [1.54, 1.807) is 19.0 Å². The van der Waals surface area contributed by atoms with Crippen molar-refractivity contribution in [3.8, 4) is 0 Å². The van der Waals surface area contributed by atoms with Gasteiger partial charge < -0.3 is 15.0 Å². The molecule has 1 unspecified atom stereocenters. The second kappa shape index (κ2) is 6.86. The summed E-state index contributed by atoms with van der Waals surface area (Å²) in [4.78, 5) is 12.9. The van der Waals surface area contributed by atoms with E-state index in [4.69, 9.17) is 4.74 Å². The lowest BCUT2D eigenvalue weighted by Crippen LogP contribution is -2.42. The van der Waals surface area contributed by atoms with Gasteiger partial charge in [-0.1, -0.05) is 0 Å². The third-order valence-corrected chi connectivity index (χ3v) is 1.71. The van der Waals surface area contributed by atoms with Crippen LogP contribution in [-0.4, -0.2) is 50.7 Å². The molecule has 0 fully saturated rings. The zero-order valence-corrected chi connectivity index (χ0v) is 8.96. The fourth-order valence-corrected chi connectivity index (χ4v) is 0.967. The fourth-order valence-electron chi connectivity index (χ4n) is 0.967. The van der Waals surface area contributed by atoms with E-state index in [9.17, 15) is 4.79 Å². The highest BCUT2D eigenvalue weighted by Crippen LogP contribution is 1.87. The lowest BCUT2D eigenvalue weighted by molar-refractivity contribution is -0.130. The van der Waals surface area contributed by atoms with Gasteiger partial charge >= 0.3 is 0 Å². The Morgan fingerprint density at radius 3 is 2.62 bits per heavy atom. The van der Waals surface area contributed by atoms with Crippen molar-refractivity contribution in [1.82, 2.24) is 10.2 Å². The van der Waals surface area contributed by atoms with E-state index in [0.29, 0.717) is 13.2 Å². The predicted octanol–water partition coefficient (Wildman–Crippen LogP) is 0.0892. The minimum Gasteiger partial charge on any atom is -0.380 e. The zero-order chi connectivity index (χ0) is 10.3. The summed E-state index contributed by atoms with van der Waals surface area (Å²) in [5.41, 5.74) is 0. The number of nitrogens with zero attached hydrogens (tertiary/aromatic N) is 1. The number of hydrogen-bond acceptors (Lipinski definition) is 3. The first-order valence-corrected chi connectivity index (χ1v) is 4.61. The molecule has 78 valence electrons. The molecule has 0 saturated carbocycles. The molecule has 0 aliphatic carbocycles. The van der Waals surface area contributed by atoms with Crippen LogP contribution >= 0.6 is 0 Å². The highest BCUT2D eigenvalue weighted by Gasteiger charge is 2.12. The summed E-state index contributed by atoms with van der Waals surface area (Å²) in [6, 6.07) is -0.129. The molecule has 0 aromatic heterocycles. The number of carbonyl (C=O) groups excluding carboxylic acids is 1. The molecule has 1 atom stereocenters. The van der Waals surface area contributed by atoms with Crippen LogP contribution in [0, 0.1) is 0 Å². The number of hydrogen-bond donors (Lipinski definition) is 1. The Hall–Kier alpha value is -0.610. The van der Waals surface area contributed by atoms with E-state index in [1.165, 1.54) is 0 Å². The lowest BCUT2D eigenvalue weighted by atomic mass is 10.3. The smallest absolute Gasteiger partial charge is 0.238 e. The number of carbonyl (C=O) groups is 1. The highest BCUT2D eigenvalue weighted by atomic mass is 16.5. The van der Waals surface area contributed by atoms with E-state index < -0.39 is 0 Å².